The number of rotatable bonds is 5. The normalized spacial score (nSPS) is 11.7. The highest BCUT2D eigenvalue weighted by molar-refractivity contribution is 6.31. The van der Waals surface area contributed by atoms with E-state index in [1.807, 2.05) is 13.0 Å². The molecular weight excluding hydrogens is 380 g/mol. The molecule has 144 valence electrons. The number of hydrogen-bond acceptors (Lipinski definition) is 5. The summed E-state index contributed by atoms with van der Waals surface area (Å²) >= 11 is 6.13. The Morgan fingerprint density at radius 1 is 1.11 bits per heavy atom. The molecule has 1 aromatic heterocycles. The average Bonchev–Trinajstić information content (AvgIpc) is 3.01. The van der Waals surface area contributed by atoms with Gasteiger partial charge in [-0.15, -0.1) is 0 Å². The number of nitrogens with one attached hydrogen (secondary N) is 1. The van der Waals surface area contributed by atoms with Crippen molar-refractivity contribution in [2.24, 2.45) is 0 Å². The fraction of sp³-hybridized carbons (Fsp3) is 0.190. The third-order valence-corrected chi connectivity index (χ3v) is 4.65. The predicted molar refractivity (Wildman–Crippen MR) is 105 cm³/mol. The van der Waals surface area contributed by atoms with Gasteiger partial charge in [0.2, 0.25) is 6.10 Å². The van der Waals surface area contributed by atoms with Crippen molar-refractivity contribution in [1.29, 1.82) is 0 Å². The molecular formula is C21H19ClN2O4. The van der Waals surface area contributed by atoms with Gasteiger partial charge in [-0.25, -0.2) is 4.79 Å². The molecule has 3 aromatic rings. The Morgan fingerprint density at radius 3 is 2.43 bits per heavy atom. The second kappa shape index (κ2) is 8.27. The number of amides is 1. The number of anilines is 1. The SMILES string of the molecule is Cc1ccc(NC(=O)[C@H](OC(=O)c2c(C)noc2C)c2ccccc2)cc1Cl. The van der Waals surface area contributed by atoms with Crippen LogP contribution >= 0.6 is 11.6 Å². The minimum atomic E-state index is -1.15. The van der Waals surface area contributed by atoms with E-state index in [4.69, 9.17) is 20.9 Å². The molecule has 0 radical (unpaired) electrons. The lowest BCUT2D eigenvalue weighted by Crippen LogP contribution is -2.26. The second-order valence-corrected chi connectivity index (χ2v) is 6.76. The van der Waals surface area contributed by atoms with Crippen molar-refractivity contribution in [3.05, 3.63) is 81.7 Å². The van der Waals surface area contributed by atoms with Gasteiger partial charge in [-0.3, -0.25) is 4.79 Å². The van der Waals surface area contributed by atoms with E-state index >= 15 is 0 Å². The van der Waals surface area contributed by atoms with Crippen LogP contribution in [0, 0.1) is 20.8 Å². The molecule has 1 N–H and O–H groups in total. The molecule has 0 saturated heterocycles. The quantitative estimate of drug-likeness (QED) is 0.625. The highest BCUT2D eigenvalue weighted by atomic mass is 35.5. The van der Waals surface area contributed by atoms with Gasteiger partial charge in [0.05, 0.1) is 5.69 Å². The number of aromatic nitrogens is 1. The maximum absolute atomic E-state index is 12.9. The largest absolute Gasteiger partial charge is 0.444 e. The Balaban J connectivity index is 1.88. The van der Waals surface area contributed by atoms with Gasteiger partial charge in [-0.2, -0.15) is 0 Å². The van der Waals surface area contributed by atoms with Crippen molar-refractivity contribution in [2.45, 2.75) is 26.9 Å². The van der Waals surface area contributed by atoms with Gasteiger partial charge in [0, 0.05) is 16.3 Å². The van der Waals surface area contributed by atoms with Gasteiger partial charge in [0.15, 0.2) is 0 Å². The van der Waals surface area contributed by atoms with Gasteiger partial charge >= 0.3 is 5.97 Å². The molecule has 0 aliphatic carbocycles. The number of hydrogen-bond donors (Lipinski definition) is 1. The standard InChI is InChI=1S/C21H19ClN2O4/c1-12-9-10-16(11-17(12)22)23-20(25)19(15-7-5-4-6-8-15)27-21(26)18-13(2)24-28-14(18)3/h4-11,19H,1-3H3,(H,23,25)/t19-/m1/s1. The summed E-state index contributed by atoms with van der Waals surface area (Å²) in [5.74, 6) is -0.839. The van der Waals surface area contributed by atoms with Crippen LogP contribution < -0.4 is 5.32 Å². The number of carbonyl (C=O) groups excluding carboxylic acids is 2. The molecule has 0 spiro atoms. The highest BCUT2D eigenvalue weighted by Gasteiger charge is 2.28. The number of aryl methyl sites for hydroxylation is 3. The fourth-order valence-corrected chi connectivity index (χ4v) is 2.90. The molecule has 0 saturated carbocycles. The third-order valence-electron chi connectivity index (χ3n) is 4.24. The zero-order chi connectivity index (χ0) is 20.3. The van der Waals surface area contributed by atoms with Crippen molar-refractivity contribution in [3.8, 4) is 0 Å². The Bertz CT molecular complexity index is 995. The maximum Gasteiger partial charge on any atom is 0.344 e. The summed E-state index contributed by atoms with van der Waals surface area (Å²) in [5.41, 5.74) is 2.56. The summed E-state index contributed by atoms with van der Waals surface area (Å²) in [4.78, 5) is 25.6. The zero-order valence-electron chi connectivity index (χ0n) is 15.7. The Kier molecular flexibility index (Phi) is 5.80. The first-order valence-corrected chi connectivity index (χ1v) is 9.00. The minimum absolute atomic E-state index is 0.215. The van der Waals surface area contributed by atoms with Crippen molar-refractivity contribution in [2.75, 3.05) is 5.32 Å². The van der Waals surface area contributed by atoms with Gasteiger partial charge in [-0.05, 0) is 38.5 Å². The van der Waals surface area contributed by atoms with E-state index in [9.17, 15) is 9.59 Å². The summed E-state index contributed by atoms with van der Waals surface area (Å²) in [6.45, 7) is 5.12. The van der Waals surface area contributed by atoms with E-state index in [0.29, 0.717) is 27.7 Å². The fourth-order valence-electron chi connectivity index (χ4n) is 2.72. The number of halogens is 1. The van der Waals surface area contributed by atoms with Gasteiger partial charge in [0.1, 0.15) is 11.3 Å². The first-order chi connectivity index (χ1) is 13.4. The number of benzene rings is 2. The number of ether oxygens (including phenoxy) is 1. The summed E-state index contributed by atoms with van der Waals surface area (Å²) in [6.07, 6.45) is -1.15. The second-order valence-electron chi connectivity index (χ2n) is 6.35. The van der Waals surface area contributed by atoms with Gasteiger partial charge in [0.25, 0.3) is 5.91 Å². The first-order valence-electron chi connectivity index (χ1n) is 8.62. The first kappa shape index (κ1) is 19.6. The zero-order valence-corrected chi connectivity index (χ0v) is 16.4. The predicted octanol–water partition coefficient (Wildman–Crippen LogP) is 4.79. The summed E-state index contributed by atoms with van der Waals surface area (Å²) in [7, 11) is 0. The van der Waals surface area contributed by atoms with E-state index in [-0.39, 0.29) is 5.56 Å². The van der Waals surface area contributed by atoms with Crippen LogP contribution in [-0.4, -0.2) is 17.0 Å². The van der Waals surface area contributed by atoms with Crippen molar-refractivity contribution in [3.63, 3.8) is 0 Å². The Hall–Kier alpha value is -3.12. The van der Waals surface area contributed by atoms with Crippen LogP contribution in [0.3, 0.4) is 0 Å². The van der Waals surface area contributed by atoms with Crippen LogP contribution in [0.25, 0.3) is 0 Å². The molecule has 1 heterocycles. The van der Waals surface area contributed by atoms with Crippen LogP contribution in [0.5, 0.6) is 0 Å². The van der Waals surface area contributed by atoms with Gasteiger partial charge < -0.3 is 14.6 Å². The summed E-state index contributed by atoms with van der Waals surface area (Å²) in [6, 6.07) is 14.0. The van der Waals surface area contributed by atoms with Crippen molar-refractivity contribution >= 4 is 29.2 Å². The molecule has 3 rings (SSSR count). The summed E-state index contributed by atoms with van der Waals surface area (Å²) in [5, 5.41) is 7.03. The van der Waals surface area contributed by atoms with Crippen molar-refractivity contribution < 1.29 is 18.8 Å². The third kappa shape index (κ3) is 4.23. The van der Waals surface area contributed by atoms with Gasteiger partial charge in [-0.1, -0.05) is 53.2 Å². The van der Waals surface area contributed by atoms with Crippen LogP contribution in [0.2, 0.25) is 5.02 Å². The average molecular weight is 399 g/mol. The molecule has 1 atom stereocenters. The lowest BCUT2D eigenvalue weighted by atomic mass is 10.1. The molecule has 2 aromatic carbocycles. The Morgan fingerprint density at radius 2 is 1.82 bits per heavy atom. The van der Waals surface area contributed by atoms with Crippen LogP contribution in [0.4, 0.5) is 5.69 Å². The van der Waals surface area contributed by atoms with E-state index in [2.05, 4.69) is 10.5 Å². The smallest absolute Gasteiger partial charge is 0.344 e. The molecule has 0 fully saturated rings. The van der Waals surface area contributed by atoms with E-state index in [1.54, 1.807) is 56.3 Å². The van der Waals surface area contributed by atoms with Crippen LogP contribution in [0.1, 0.15) is 39.0 Å². The maximum atomic E-state index is 12.9. The molecule has 0 aliphatic rings. The minimum Gasteiger partial charge on any atom is -0.444 e. The monoisotopic (exact) mass is 398 g/mol. The van der Waals surface area contributed by atoms with Crippen molar-refractivity contribution in [1.82, 2.24) is 5.16 Å². The molecule has 0 unspecified atom stereocenters. The van der Waals surface area contributed by atoms with E-state index < -0.39 is 18.0 Å². The number of esters is 1. The lowest BCUT2D eigenvalue weighted by Gasteiger charge is -2.18. The topological polar surface area (TPSA) is 81.4 Å². The summed E-state index contributed by atoms with van der Waals surface area (Å²) < 4.78 is 10.6. The molecule has 1 amide bonds. The van der Waals surface area contributed by atoms with E-state index in [1.165, 1.54) is 0 Å². The molecule has 0 aliphatic heterocycles. The van der Waals surface area contributed by atoms with E-state index in [0.717, 1.165) is 5.56 Å². The number of carbonyl (C=O) groups is 2. The molecule has 7 heteroatoms. The number of nitrogens with zero attached hydrogens (tertiary/aromatic N) is 1. The molecule has 28 heavy (non-hydrogen) atoms. The van der Waals surface area contributed by atoms with Crippen LogP contribution in [0.15, 0.2) is 53.1 Å². The Labute approximate surface area is 167 Å². The molecule has 0 bridgehead atoms. The van der Waals surface area contributed by atoms with Crippen LogP contribution in [-0.2, 0) is 9.53 Å². The molecule has 6 nitrogen and oxygen atoms in total. The lowest BCUT2D eigenvalue weighted by molar-refractivity contribution is -0.125. The highest BCUT2D eigenvalue weighted by Crippen LogP contribution is 2.25.